The average Bonchev–Trinajstić information content (AvgIpc) is 2.27. The third-order valence-electron chi connectivity index (χ3n) is 2.44. The van der Waals surface area contributed by atoms with Crippen LogP contribution < -0.4 is 0 Å². The zero-order valence-corrected chi connectivity index (χ0v) is 10.8. The Kier molecular flexibility index (Phi) is 6.40. The highest BCUT2D eigenvalue weighted by atomic mass is 19.3. The highest BCUT2D eigenvalue weighted by molar-refractivity contribution is 4.92. The van der Waals surface area contributed by atoms with Crippen molar-refractivity contribution in [2.75, 3.05) is 13.2 Å². The van der Waals surface area contributed by atoms with Crippen LogP contribution in [-0.4, -0.2) is 36.9 Å². The molecule has 0 saturated heterocycles. The van der Waals surface area contributed by atoms with Gasteiger partial charge in [-0.1, -0.05) is 12.2 Å². The Morgan fingerprint density at radius 3 is 1.14 bits per heavy atom. The van der Waals surface area contributed by atoms with E-state index in [9.17, 15) is 35.1 Å². The first-order valence-electron chi connectivity index (χ1n) is 5.64. The van der Waals surface area contributed by atoms with E-state index in [1.54, 1.807) is 0 Å². The minimum absolute atomic E-state index is 0.515. The molecule has 0 fully saturated rings. The summed E-state index contributed by atoms with van der Waals surface area (Å²) in [5.74, 6) is -18.7. The first-order chi connectivity index (χ1) is 9.33. The molecule has 0 rings (SSSR count). The van der Waals surface area contributed by atoms with E-state index in [0.29, 0.717) is 12.2 Å². The molecule has 0 amide bonds. The highest BCUT2D eigenvalue weighted by Crippen LogP contribution is 2.40. The molecule has 0 atom stereocenters. The van der Waals surface area contributed by atoms with Gasteiger partial charge in [0, 0.05) is 12.8 Å². The Bertz CT molecular complexity index is 330. The third kappa shape index (κ3) is 4.98. The van der Waals surface area contributed by atoms with Crippen LogP contribution in [0.1, 0.15) is 12.8 Å². The van der Waals surface area contributed by atoms with Gasteiger partial charge in [0.2, 0.25) is 0 Å². The monoisotopic (exact) mass is 326 g/mol. The van der Waals surface area contributed by atoms with Crippen LogP contribution in [0.5, 0.6) is 0 Å². The second-order valence-corrected chi connectivity index (χ2v) is 4.30. The second kappa shape index (κ2) is 6.76. The van der Waals surface area contributed by atoms with E-state index in [0.717, 1.165) is 0 Å². The summed E-state index contributed by atoms with van der Waals surface area (Å²) >= 11 is 0. The Labute approximate surface area is 116 Å². The van der Waals surface area contributed by atoms with Crippen LogP contribution in [0.4, 0.5) is 35.1 Å². The molecule has 0 aliphatic rings. The summed E-state index contributed by atoms with van der Waals surface area (Å²) in [5, 5.41) is 0. The zero-order valence-electron chi connectivity index (χ0n) is 10.8. The predicted octanol–water partition coefficient (Wildman–Crippen LogP) is 4.70. The van der Waals surface area contributed by atoms with Crippen molar-refractivity contribution in [2.45, 2.75) is 36.5 Å². The molecule has 0 heterocycles. The van der Waals surface area contributed by atoms with Gasteiger partial charge in [-0.25, -0.2) is 0 Å². The van der Waals surface area contributed by atoms with E-state index < -0.39 is 49.7 Å². The lowest BCUT2D eigenvalue weighted by molar-refractivity contribution is -0.262. The van der Waals surface area contributed by atoms with Gasteiger partial charge in [-0.05, 0) is 0 Å². The molecule has 21 heavy (non-hydrogen) atoms. The normalized spacial score (nSPS) is 14.1. The number of halogens is 8. The van der Waals surface area contributed by atoms with Gasteiger partial charge in [-0.3, -0.25) is 0 Å². The summed E-state index contributed by atoms with van der Waals surface area (Å²) in [7, 11) is 0. The molecule has 9 heteroatoms. The van der Waals surface area contributed by atoms with Crippen molar-refractivity contribution in [1.82, 2.24) is 0 Å². The highest BCUT2D eigenvalue weighted by Gasteiger charge is 2.58. The molecule has 0 aliphatic carbocycles. The van der Waals surface area contributed by atoms with Crippen LogP contribution in [0.3, 0.4) is 0 Å². The smallest absolute Gasteiger partial charge is 0.333 e. The first kappa shape index (κ1) is 19.9. The molecular weight excluding hydrogens is 312 g/mol. The molecule has 0 spiro atoms. The number of hydrogen-bond donors (Lipinski definition) is 0. The van der Waals surface area contributed by atoms with Crippen LogP contribution in [0.2, 0.25) is 0 Å². The first-order valence-corrected chi connectivity index (χ1v) is 5.64. The molecular formula is C12H14F8O. The lowest BCUT2D eigenvalue weighted by Crippen LogP contribution is -2.47. The van der Waals surface area contributed by atoms with Crippen molar-refractivity contribution in [1.29, 1.82) is 0 Å². The molecule has 0 unspecified atom stereocenters. The Morgan fingerprint density at radius 1 is 0.619 bits per heavy atom. The molecule has 124 valence electrons. The number of rotatable bonds is 10. The maximum atomic E-state index is 13.0. The van der Waals surface area contributed by atoms with Gasteiger partial charge in [-0.2, -0.15) is 35.1 Å². The van der Waals surface area contributed by atoms with E-state index in [1.807, 2.05) is 0 Å². The number of alkyl halides is 8. The summed E-state index contributed by atoms with van der Waals surface area (Å²) < 4.78 is 108. The van der Waals surface area contributed by atoms with E-state index in [2.05, 4.69) is 17.9 Å². The van der Waals surface area contributed by atoms with Crippen LogP contribution in [0.25, 0.3) is 0 Å². The number of hydrogen-bond acceptors (Lipinski definition) is 1. The van der Waals surface area contributed by atoms with Crippen molar-refractivity contribution in [3.8, 4) is 0 Å². The van der Waals surface area contributed by atoms with E-state index in [4.69, 9.17) is 0 Å². The summed E-state index contributed by atoms with van der Waals surface area (Å²) in [6.07, 6.45) is -1.79. The van der Waals surface area contributed by atoms with Gasteiger partial charge in [0.05, 0.1) is 0 Å². The van der Waals surface area contributed by atoms with Crippen LogP contribution in [-0.2, 0) is 4.74 Å². The molecule has 0 radical (unpaired) electrons. The largest absolute Gasteiger partial charge is 0.368 e. The lowest BCUT2D eigenvalue weighted by Gasteiger charge is -2.28. The average molecular weight is 326 g/mol. The third-order valence-corrected chi connectivity index (χ3v) is 2.44. The second-order valence-electron chi connectivity index (χ2n) is 4.30. The van der Waals surface area contributed by atoms with Crippen molar-refractivity contribution in [2.24, 2.45) is 0 Å². The molecule has 0 aliphatic heterocycles. The summed E-state index contributed by atoms with van der Waals surface area (Å²) in [6, 6.07) is 0. The molecule has 0 bridgehead atoms. The van der Waals surface area contributed by atoms with E-state index >= 15 is 0 Å². The van der Waals surface area contributed by atoms with Crippen molar-refractivity contribution in [3.63, 3.8) is 0 Å². The fourth-order valence-electron chi connectivity index (χ4n) is 1.18. The summed E-state index contributed by atoms with van der Waals surface area (Å²) in [5.41, 5.74) is 0. The SMILES string of the molecule is C=CCC(F)(F)C(F)(F)COCC(F)(F)C(F)(F)CC=C. The molecule has 1 nitrogen and oxygen atoms in total. The van der Waals surface area contributed by atoms with Crippen molar-refractivity contribution >= 4 is 0 Å². The predicted molar refractivity (Wildman–Crippen MR) is 60.2 cm³/mol. The maximum absolute atomic E-state index is 13.0. The topological polar surface area (TPSA) is 9.23 Å². The van der Waals surface area contributed by atoms with E-state index in [-0.39, 0.29) is 0 Å². The fourth-order valence-corrected chi connectivity index (χ4v) is 1.18. The minimum Gasteiger partial charge on any atom is -0.368 e. The summed E-state index contributed by atoms with van der Waals surface area (Å²) in [6.45, 7) is 1.46. The molecule has 0 aromatic heterocycles. The Balaban J connectivity index is 4.67. The van der Waals surface area contributed by atoms with E-state index in [1.165, 1.54) is 0 Å². The van der Waals surface area contributed by atoms with Crippen LogP contribution in [0.15, 0.2) is 25.3 Å². The van der Waals surface area contributed by atoms with Crippen molar-refractivity contribution in [3.05, 3.63) is 25.3 Å². The van der Waals surface area contributed by atoms with Crippen LogP contribution >= 0.6 is 0 Å². The number of ether oxygens (including phenoxy) is 1. The molecule has 0 saturated carbocycles. The van der Waals surface area contributed by atoms with Gasteiger partial charge >= 0.3 is 23.7 Å². The van der Waals surface area contributed by atoms with Gasteiger partial charge < -0.3 is 4.74 Å². The Morgan fingerprint density at radius 2 is 0.905 bits per heavy atom. The summed E-state index contributed by atoms with van der Waals surface area (Å²) in [4.78, 5) is 0. The maximum Gasteiger partial charge on any atom is 0.333 e. The number of allylic oxidation sites excluding steroid dienone is 2. The van der Waals surface area contributed by atoms with Gasteiger partial charge in [0.25, 0.3) is 0 Å². The zero-order chi connectivity index (χ0) is 16.9. The van der Waals surface area contributed by atoms with Gasteiger partial charge in [0.1, 0.15) is 13.2 Å². The fraction of sp³-hybridized carbons (Fsp3) is 0.667. The molecule has 0 aromatic carbocycles. The van der Waals surface area contributed by atoms with Gasteiger partial charge in [0.15, 0.2) is 0 Å². The van der Waals surface area contributed by atoms with Gasteiger partial charge in [-0.15, -0.1) is 13.2 Å². The lowest BCUT2D eigenvalue weighted by atomic mass is 10.1. The van der Waals surface area contributed by atoms with Crippen molar-refractivity contribution < 1.29 is 39.9 Å². The molecule has 0 N–H and O–H groups in total. The molecule has 0 aromatic rings. The standard InChI is InChI=1S/C12H14F8O/c1-3-5-9(13,14)11(17,18)7-21-8-12(19,20)10(15,16)6-4-2/h3-4H,1-2,5-8H2. The minimum atomic E-state index is -4.79. The Hall–Kier alpha value is -1.12. The van der Waals surface area contributed by atoms with Crippen LogP contribution in [0, 0.1) is 0 Å². The quantitative estimate of drug-likeness (QED) is 0.418.